The Bertz CT molecular complexity index is 567. The van der Waals surface area contributed by atoms with Crippen LogP contribution >= 0.6 is 0 Å². The second kappa shape index (κ2) is 10.7. The maximum absolute atomic E-state index is 11.2. The lowest BCUT2D eigenvalue weighted by Gasteiger charge is -2.28. The number of nitrogens with two attached hydrogens (primary N) is 1. The number of anilines is 2. The van der Waals surface area contributed by atoms with Gasteiger partial charge in [0.1, 0.15) is 6.61 Å². The highest BCUT2D eigenvalue weighted by atomic mass is 16.5. The molecule has 1 aromatic rings. The SMILES string of the molecule is CCCCOCCOc1nc(N(C)CC(N)=O)nc(N2CCNCC2)n1. The van der Waals surface area contributed by atoms with Crippen LogP contribution in [0.4, 0.5) is 11.9 Å². The number of carbonyl (C=O) groups is 1. The summed E-state index contributed by atoms with van der Waals surface area (Å²) in [5.41, 5.74) is 5.27. The van der Waals surface area contributed by atoms with Gasteiger partial charge in [-0.1, -0.05) is 13.3 Å². The molecule has 1 aliphatic heterocycles. The molecule has 146 valence electrons. The Hall–Kier alpha value is -2.20. The van der Waals surface area contributed by atoms with Crippen molar-refractivity contribution in [2.45, 2.75) is 19.8 Å². The monoisotopic (exact) mass is 367 g/mol. The molecule has 10 nitrogen and oxygen atoms in total. The first-order chi connectivity index (χ1) is 12.6. The lowest BCUT2D eigenvalue weighted by Crippen LogP contribution is -2.44. The zero-order valence-corrected chi connectivity index (χ0v) is 15.6. The van der Waals surface area contributed by atoms with Gasteiger partial charge in [-0.25, -0.2) is 0 Å². The first-order valence-corrected chi connectivity index (χ1v) is 9.02. The Morgan fingerprint density at radius 2 is 2.00 bits per heavy atom. The standard InChI is InChI=1S/C16H29N7O3/c1-3-4-9-25-10-11-26-16-20-14(22(2)12-13(17)24)19-15(21-16)23-7-5-18-6-8-23/h18H,3-12H2,1-2H3,(H2,17,24). The van der Waals surface area contributed by atoms with Crippen molar-refractivity contribution in [3.63, 3.8) is 0 Å². The molecule has 0 bridgehead atoms. The van der Waals surface area contributed by atoms with E-state index in [4.69, 9.17) is 15.2 Å². The smallest absolute Gasteiger partial charge is 0.323 e. The van der Waals surface area contributed by atoms with E-state index in [-0.39, 0.29) is 12.6 Å². The van der Waals surface area contributed by atoms with Crippen LogP contribution in [0.3, 0.4) is 0 Å². The summed E-state index contributed by atoms with van der Waals surface area (Å²) in [7, 11) is 1.71. The molecule has 10 heteroatoms. The van der Waals surface area contributed by atoms with Crippen LogP contribution in [0.2, 0.25) is 0 Å². The van der Waals surface area contributed by atoms with Gasteiger partial charge in [0.25, 0.3) is 0 Å². The van der Waals surface area contributed by atoms with Crippen LogP contribution < -0.4 is 25.6 Å². The highest BCUT2D eigenvalue weighted by molar-refractivity contribution is 5.78. The Labute approximate surface area is 154 Å². The van der Waals surface area contributed by atoms with Gasteiger partial charge in [-0.15, -0.1) is 0 Å². The highest BCUT2D eigenvalue weighted by Crippen LogP contribution is 2.17. The van der Waals surface area contributed by atoms with Crippen LogP contribution in [-0.2, 0) is 9.53 Å². The van der Waals surface area contributed by atoms with Gasteiger partial charge in [-0.3, -0.25) is 4.79 Å². The fourth-order valence-electron chi connectivity index (χ4n) is 2.42. The fourth-order valence-corrected chi connectivity index (χ4v) is 2.42. The number of hydrogen-bond donors (Lipinski definition) is 2. The Kier molecular flexibility index (Phi) is 8.29. The average Bonchev–Trinajstić information content (AvgIpc) is 2.64. The van der Waals surface area contributed by atoms with E-state index in [2.05, 4.69) is 32.1 Å². The molecule has 1 aromatic heterocycles. The fraction of sp³-hybridized carbons (Fsp3) is 0.750. The number of nitrogens with one attached hydrogen (secondary N) is 1. The predicted molar refractivity (Wildman–Crippen MR) is 98.6 cm³/mol. The highest BCUT2D eigenvalue weighted by Gasteiger charge is 2.18. The van der Waals surface area contributed by atoms with Gasteiger partial charge in [0.15, 0.2) is 0 Å². The van der Waals surface area contributed by atoms with Gasteiger partial charge < -0.3 is 30.3 Å². The van der Waals surface area contributed by atoms with Crippen molar-refractivity contribution in [3.8, 4) is 6.01 Å². The van der Waals surface area contributed by atoms with Crippen LogP contribution in [-0.4, -0.2) is 80.5 Å². The quantitative estimate of drug-likeness (QED) is 0.494. The zero-order chi connectivity index (χ0) is 18.8. The van der Waals surface area contributed by atoms with E-state index in [1.54, 1.807) is 11.9 Å². The van der Waals surface area contributed by atoms with E-state index in [1.165, 1.54) is 0 Å². The number of rotatable bonds is 11. The van der Waals surface area contributed by atoms with Crippen molar-refractivity contribution in [2.75, 3.05) is 69.4 Å². The van der Waals surface area contributed by atoms with E-state index in [9.17, 15) is 4.79 Å². The van der Waals surface area contributed by atoms with Gasteiger partial charge >= 0.3 is 6.01 Å². The van der Waals surface area contributed by atoms with Crippen LogP contribution in [0.1, 0.15) is 19.8 Å². The third-order valence-corrected chi connectivity index (χ3v) is 3.83. The minimum atomic E-state index is -0.455. The number of likely N-dealkylation sites (N-methyl/N-ethyl adjacent to an activating group) is 1. The first-order valence-electron chi connectivity index (χ1n) is 9.02. The Balaban J connectivity index is 2.05. The van der Waals surface area contributed by atoms with Gasteiger partial charge in [0.05, 0.1) is 13.2 Å². The van der Waals surface area contributed by atoms with Gasteiger partial charge in [0, 0.05) is 39.8 Å². The summed E-state index contributed by atoms with van der Waals surface area (Å²) in [6, 6.07) is 0.221. The van der Waals surface area contributed by atoms with Crippen LogP contribution in [0.5, 0.6) is 6.01 Å². The molecule has 0 aliphatic carbocycles. The number of aromatic nitrogens is 3. The second-order valence-electron chi connectivity index (χ2n) is 6.09. The molecule has 0 saturated carbocycles. The molecule has 1 saturated heterocycles. The number of primary amides is 1. The van der Waals surface area contributed by atoms with Crippen molar-refractivity contribution in [1.82, 2.24) is 20.3 Å². The van der Waals surface area contributed by atoms with Crippen molar-refractivity contribution in [2.24, 2.45) is 5.73 Å². The zero-order valence-electron chi connectivity index (χ0n) is 15.6. The molecule has 1 fully saturated rings. The Morgan fingerprint density at radius 3 is 2.69 bits per heavy atom. The van der Waals surface area contributed by atoms with E-state index in [1.807, 2.05) is 0 Å². The molecule has 3 N–H and O–H groups in total. The van der Waals surface area contributed by atoms with Crippen molar-refractivity contribution < 1.29 is 14.3 Å². The number of piperazine rings is 1. The third-order valence-electron chi connectivity index (χ3n) is 3.83. The molecular weight excluding hydrogens is 338 g/mol. The van der Waals surface area contributed by atoms with Crippen molar-refractivity contribution >= 4 is 17.8 Å². The molecule has 1 aliphatic rings. The maximum atomic E-state index is 11.2. The topological polar surface area (TPSA) is 119 Å². The Morgan fingerprint density at radius 1 is 1.23 bits per heavy atom. The summed E-state index contributed by atoms with van der Waals surface area (Å²) < 4.78 is 11.1. The molecule has 2 heterocycles. The molecule has 0 spiro atoms. The second-order valence-corrected chi connectivity index (χ2v) is 6.09. The average molecular weight is 367 g/mol. The molecule has 0 radical (unpaired) electrons. The summed E-state index contributed by atoms with van der Waals surface area (Å²) in [6.45, 7) is 6.99. The summed E-state index contributed by atoms with van der Waals surface area (Å²) in [6.07, 6.45) is 2.12. The summed E-state index contributed by atoms with van der Waals surface area (Å²) in [5.74, 6) is 0.437. The summed E-state index contributed by atoms with van der Waals surface area (Å²) in [5, 5.41) is 3.29. The van der Waals surface area contributed by atoms with E-state index in [0.717, 1.165) is 45.6 Å². The lowest BCUT2D eigenvalue weighted by molar-refractivity contribution is -0.116. The lowest BCUT2D eigenvalue weighted by atomic mass is 10.4. The molecule has 2 rings (SSSR count). The number of nitrogens with zero attached hydrogens (tertiary/aromatic N) is 5. The minimum Gasteiger partial charge on any atom is -0.461 e. The van der Waals surface area contributed by atoms with E-state index >= 15 is 0 Å². The summed E-state index contributed by atoms with van der Waals surface area (Å²) >= 11 is 0. The molecule has 0 aromatic carbocycles. The van der Waals surface area contributed by atoms with Crippen LogP contribution in [0.25, 0.3) is 0 Å². The predicted octanol–water partition coefficient (Wildman–Crippen LogP) is -0.602. The van der Waals surface area contributed by atoms with Crippen LogP contribution in [0.15, 0.2) is 0 Å². The number of hydrogen-bond acceptors (Lipinski definition) is 9. The van der Waals surface area contributed by atoms with Gasteiger partial charge in [-0.2, -0.15) is 15.0 Å². The van der Waals surface area contributed by atoms with E-state index < -0.39 is 5.91 Å². The molecular formula is C16H29N7O3. The number of amides is 1. The molecule has 0 atom stereocenters. The maximum Gasteiger partial charge on any atom is 0.323 e. The normalized spacial score (nSPS) is 14.3. The number of unbranched alkanes of at least 4 members (excludes halogenated alkanes) is 1. The van der Waals surface area contributed by atoms with E-state index in [0.29, 0.717) is 25.1 Å². The first kappa shape index (κ1) is 20.1. The third kappa shape index (κ3) is 6.60. The number of ether oxygens (including phenoxy) is 2. The molecule has 1 amide bonds. The largest absolute Gasteiger partial charge is 0.461 e. The summed E-state index contributed by atoms with van der Waals surface area (Å²) in [4.78, 5) is 28.0. The molecule has 26 heavy (non-hydrogen) atoms. The number of carbonyl (C=O) groups excluding carboxylic acids is 1. The minimum absolute atomic E-state index is 0.0184. The molecule has 0 unspecified atom stereocenters. The van der Waals surface area contributed by atoms with Gasteiger partial charge in [0.2, 0.25) is 17.8 Å². The van der Waals surface area contributed by atoms with Gasteiger partial charge in [-0.05, 0) is 6.42 Å². The van der Waals surface area contributed by atoms with Crippen LogP contribution in [0, 0.1) is 0 Å². The van der Waals surface area contributed by atoms with Crippen molar-refractivity contribution in [1.29, 1.82) is 0 Å². The van der Waals surface area contributed by atoms with Crippen molar-refractivity contribution in [3.05, 3.63) is 0 Å².